The Bertz CT molecular complexity index is 1680. The van der Waals surface area contributed by atoms with Crippen LogP contribution >= 0.6 is 0 Å². The van der Waals surface area contributed by atoms with Gasteiger partial charge in [0, 0.05) is 18.2 Å². The van der Waals surface area contributed by atoms with Crippen molar-refractivity contribution in [1.82, 2.24) is 9.13 Å². The summed E-state index contributed by atoms with van der Waals surface area (Å²) in [6.07, 6.45) is 0. The summed E-state index contributed by atoms with van der Waals surface area (Å²) in [6, 6.07) is 16.0. The van der Waals surface area contributed by atoms with Gasteiger partial charge in [0.1, 0.15) is 0 Å². The van der Waals surface area contributed by atoms with Gasteiger partial charge in [-0.1, -0.05) is 29.8 Å². The third-order valence-corrected chi connectivity index (χ3v) is 5.80. The summed E-state index contributed by atoms with van der Waals surface area (Å²) in [5.41, 5.74) is 0.122. The zero-order valence-electron chi connectivity index (χ0n) is 17.2. The maximum absolute atomic E-state index is 13.0. The number of nitrogens with zero attached hydrogens (tertiary/aromatic N) is 2. The molecule has 3 aromatic carbocycles. The van der Waals surface area contributed by atoms with E-state index in [0.29, 0.717) is 16.8 Å². The summed E-state index contributed by atoms with van der Waals surface area (Å²) in [4.78, 5) is 63.1. The van der Waals surface area contributed by atoms with Crippen molar-refractivity contribution in [3.05, 3.63) is 119 Å². The van der Waals surface area contributed by atoms with Gasteiger partial charge in [-0.3, -0.25) is 28.5 Å². The largest absolute Gasteiger partial charge is 0.289 e. The summed E-state index contributed by atoms with van der Waals surface area (Å²) >= 11 is 0. The normalized spacial score (nSPS) is 11.4. The van der Waals surface area contributed by atoms with Crippen LogP contribution in [0.15, 0.2) is 79.8 Å². The highest BCUT2D eigenvalue weighted by Gasteiger charge is 2.19. The summed E-state index contributed by atoms with van der Waals surface area (Å²) < 4.78 is 1.94. The van der Waals surface area contributed by atoms with E-state index in [9.17, 15) is 24.0 Å². The third-order valence-electron chi connectivity index (χ3n) is 5.80. The molecule has 32 heavy (non-hydrogen) atoms. The molecule has 2 aromatic heterocycles. The second-order valence-corrected chi connectivity index (χ2v) is 7.80. The lowest BCUT2D eigenvalue weighted by Crippen LogP contribution is -2.23. The van der Waals surface area contributed by atoms with E-state index in [1.54, 1.807) is 24.3 Å². The molecular weight excluding hydrogens is 408 g/mol. The number of fused-ring (bicyclic) bond motifs is 2. The van der Waals surface area contributed by atoms with Gasteiger partial charge < -0.3 is 0 Å². The Morgan fingerprint density at radius 3 is 1.50 bits per heavy atom. The SMILES string of the molecule is Cc1ccc(C(=O)c2ccc(-n3c(=O)c4cc5c(=O)n(C)c(=O)c5cc4c3=O)cc2)cc1. The van der Waals surface area contributed by atoms with Gasteiger partial charge >= 0.3 is 0 Å². The number of carbonyl (C=O) groups excluding carboxylic acids is 1. The summed E-state index contributed by atoms with van der Waals surface area (Å²) in [5.74, 6) is -0.170. The molecule has 0 saturated carbocycles. The average Bonchev–Trinajstić information content (AvgIpc) is 3.17. The highest BCUT2D eigenvalue weighted by Crippen LogP contribution is 2.17. The van der Waals surface area contributed by atoms with E-state index in [2.05, 4.69) is 0 Å². The molecule has 5 rings (SSSR count). The number of aromatic nitrogens is 2. The van der Waals surface area contributed by atoms with E-state index in [4.69, 9.17) is 0 Å². The van der Waals surface area contributed by atoms with Crippen molar-refractivity contribution < 1.29 is 4.79 Å². The first-order chi connectivity index (χ1) is 15.3. The van der Waals surface area contributed by atoms with Crippen molar-refractivity contribution in [2.45, 2.75) is 6.92 Å². The molecule has 0 N–H and O–H groups in total. The van der Waals surface area contributed by atoms with Crippen LogP contribution in [0, 0.1) is 6.92 Å². The lowest BCUT2D eigenvalue weighted by molar-refractivity contribution is 0.103. The van der Waals surface area contributed by atoms with Gasteiger partial charge in [-0.15, -0.1) is 0 Å². The van der Waals surface area contributed by atoms with Crippen molar-refractivity contribution in [3.8, 4) is 5.69 Å². The van der Waals surface area contributed by atoms with Gasteiger partial charge in [0.25, 0.3) is 22.2 Å². The first-order valence-electron chi connectivity index (χ1n) is 9.88. The monoisotopic (exact) mass is 424 g/mol. The smallest absolute Gasteiger partial charge is 0.266 e. The molecule has 0 unspecified atom stereocenters. The molecule has 0 spiro atoms. The summed E-state index contributed by atoms with van der Waals surface area (Å²) in [7, 11) is 1.35. The molecule has 0 amide bonds. The van der Waals surface area contributed by atoms with E-state index < -0.39 is 22.2 Å². The molecule has 0 aliphatic carbocycles. The van der Waals surface area contributed by atoms with Crippen LogP contribution in [0.2, 0.25) is 0 Å². The van der Waals surface area contributed by atoms with Crippen LogP contribution in [0.4, 0.5) is 0 Å². The number of carbonyl (C=O) groups is 1. The number of benzene rings is 3. The highest BCUT2D eigenvalue weighted by molar-refractivity contribution is 6.09. The second kappa shape index (κ2) is 6.81. The van der Waals surface area contributed by atoms with Gasteiger partial charge in [-0.05, 0) is 43.3 Å². The Morgan fingerprint density at radius 1 is 0.625 bits per heavy atom. The lowest BCUT2D eigenvalue weighted by Gasteiger charge is -2.04. The van der Waals surface area contributed by atoms with Crippen LogP contribution in [0.3, 0.4) is 0 Å². The topological polar surface area (TPSA) is 95.2 Å². The molecule has 7 heteroatoms. The molecule has 7 nitrogen and oxygen atoms in total. The van der Waals surface area contributed by atoms with Gasteiger partial charge in [0.2, 0.25) is 0 Å². The summed E-state index contributed by atoms with van der Waals surface area (Å²) in [6.45, 7) is 1.93. The van der Waals surface area contributed by atoms with Crippen LogP contribution in [-0.4, -0.2) is 14.9 Å². The number of hydrogen-bond acceptors (Lipinski definition) is 5. The molecule has 0 radical (unpaired) electrons. The summed E-state index contributed by atoms with van der Waals surface area (Å²) in [5, 5.41) is 0.367. The Morgan fingerprint density at radius 2 is 1.03 bits per heavy atom. The van der Waals surface area contributed by atoms with Crippen LogP contribution in [-0.2, 0) is 7.05 Å². The molecule has 0 atom stereocenters. The zero-order valence-corrected chi connectivity index (χ0v) is 17.2. The molecule has 0 aliphatic heterocycles. The Balaban J connectivity index is 1.63. The quantitative estimate of drug-likeness (QED) is 0.413. The maximum Gasteiger partial charge on any atom is 0.266 e. The molecule has 0 aliphatic rings. The van der Waals surface area contributed by atoms with Gasteiger partial charge in [0.15, 0.2) is 5.78 Å². The number of hydrogen-bond donors (Lipinski definition) is 0. The van der Waals surface area contributed by atoms with Crippen LogP contribution < -0.4 is 22.2 Å². The standard InChI is InChI=1S/C25H16N2O5/c1-13-3-5-14(6-4-13)21(28)15-7-9-16(10-8-15)27-24(31)19-11-17-18(12-20(19)25(27)32)23(30)26(2)22(17)29/h3-12H,1-2H3. The number of aryl methyl sites for hydroxylation is 1. The predicted octanol–water partition coefficient (Wildman–Crippen LogP) is 1.98. The maximum atomic E-state index is 13.0. The molecule has 0 bridgehead atoms. The Hall–Kier alpha value is -4.39. The van der Waals surface area contributed by atoms with Gasteiger partial charge in [-0.2, -0.15) is 0 Å². The van der Waals surface area contributed by atoms with Crippen LogP contribution in [0.5, 0.6) is 0 Å². The van der Waals surface area contributed by atoms with Gasteiger partial charge in [0.05, 0.1) is 27.2 Å². The Kier molecular flexibility index (Phi) is 4.17. The highest BCUT2D eigenvalue weighted by atomic mass is 16.2. The van der Waals surface area contributed by atoms with E-state index in [1.807, 2.05) is 19.1 Å². The zero-order chi connectivity index (χ0) is 22.7. The van der Waals surface area contributed by atoms with Crippen molar-refractivity contribution in [1.29, 1.82) is 0 Å². The molecule has 0 saturated heterocycles. The molecule has 2 heterocycles. The fourth-order valence-electron chi connectivity index (χ4n) is 3.96. The van der Waals surface area contributed by atoms with Crippen molar-refractivity contribution >= 4 is 27.3 Å². The van der Waals surface area contributed by atoms with Crippen LogP contribution in [0.1, 0.15) is 21.5 Å². The minimum Gasteiger partial charge on any atom is -0.289 e. The second-order valence-electron chi connectivity index (χ2n) is 7.80. The van der Waals surface area contributed by atoms with E-state index >= 15 is 0 Å². The van der Waals surface area contributed by atoms with Crippen molar-refractivity contribution in [3.63, 3.8) is 0 Å². The first kappa shape index (κ1) is 19.6. The molecule has 156 valence electrons. The third kappa shape index (κ3) is 2.71. The van der Waals surface area contributed by atoms with E-state index in [1.165, 1.54) is 31.3 Å². The molecule has 0 fully saturated rings. The van der Waals surface area contributed by atoms with Crippen LogP contribution in [0.25, 0.3) is 27.2 Å². The minimum absolute atomic E-state index is 0.0741. The fraction of sp³-hybridized carbons (Fsp3) is 0.0800. The average molecular weight is 424 g/mol. The molecular formula is C25H16N2O5. The molecule has 5 aromatic rings. The minimum atomic E-state index is -0.583. The van der Waals surface area contributed by atoms with Crippen molar-refractivity contribution in [2.75, 3.05) is 0 Å². The van der Waals surface area contributed by atoms with Crippen molar-refractivity contribution in [2.24, 2.45) is 7.05 Å². The predicted molar refractivity (Wildman–Crippen MR) is 122 cm³/mol. The van der Waals surface area contributed by atoms with Gasteiger partial charge in [-0.25, -0.2) is 4.57 Å². The first-order valence-corrected chi connectivity index (χ1v) is 9.88. The Labute approximate surface area is 180 Å². The fourth-order valence-corrected chi connectivity index (χ4v) is 3.96. The lowest BCUT2D eigenvalue weighted by atomic mass is 10.0. The number of rotatable bonds is 3. The van der Waals surface area contributed by atoms with E-state index in [-0.39, 0.29) is 27.3 Å². The van der Waals surface area contributed by atoms with E-state index in [0.717, 1.165) is 14.7 Å². The number of ketones is 1.